The van der Waals surface area contributed by atoms with E-state index in [1.54, 1.807) is 23.1 Å². The lowest BCUT2D eigenvalue weighted by atomic mass is 10.1. The summed E-state index contributed by atoms with van der Waals surface area (Å²) in [6.07, 6.45) is 0.769. The van der Waals surface area contributed by atoms with Crippen LogP contribution in [0, 0.1) is 5.82 Å². The van der Waals surface area contributed by atoms with Crippen molar-refractivity contribution in [3.05, 3.63) is 84.2 Å². The number of fused-ring (bicyclic) bond motifs is 1. The quantitative estimate of drug-likeness (QED) is 0.296. The third kappa shape index (κ3) is 6.07. The summed E-state index contributed by atoms with van der Waals surface area (Å²) in [4.78, 5) is 22.1. The van der Waals surface area contributed by atoms with Gasteiger partial charge in [0.1, 0.15) is 17.3 Å². The van der Waals surface area contributed by atoms with Crippen LogP contribution in [0.1, 0.15) is 16.8 Å². The first-order chi connectivity index (χ1) is 15.5. The number of nitrogens with zero attached hydrogens (tertiary/aromatic N) is 3. The maximum Gasteiger partial charge on any atom is 0.263 e. The van der Waals surface area contributed by atoms with Crippen molar-refractivity contribution in [1.29, 1.82) is 0 Å². The summed E-state index contributed by atoms with van der Waals surface area (Å²) in [5, 5.41) is 0.545. The van der Waals surface area contributed by atoms with Crippen molar-refractivity contribution in [2.45, 2.75) is 6.42 Å². The molecule has 3 aromatic carbocycles. The van der Waals surface area contributed by atoms with Crippen LogP contribution in [0.25, 0.3) is 10.2 Å². The minimum Gasteiger partial charge on any atom is -0.457 e. The normalized spacial score (nSPS) is 10.8. The molecule has 172 valence electrons. The Kier molecular flexibility index (Phi) is 8.38. The topological polar surface area (TPSA) is 45.7 Å². The summed E-state index contributed by atoms with van der Waals surface area (Å²) >= 11 is 1.31. The maximum absolute atomic E-state index is 13.7. The van der Waals surface area contributed by atoms with Crippen LogP contribution in [-0.4, -0.2) is 43.0 Å². The number of halogens is 2. The molecule has 0 fully saturated rings. The highest BCUT2D eigenvalue weighted by Crippen LogP contribution is 2.32. The van der Waals surface area contributed by atoms with E-state index < -0.39 is 0 Å². The molecule has 0 aliphatic heterocycles. The third-order valence-electron chi connectivity index (χ3n) is 4.89. The highest BCUT2D eigenvalue weighted by molar-refractivity contribution is 7.22. The fourth-order valence-electron chi connectivity index (χ4n) is 3.32. The standard InChI is InChI=1S/C25H24FN3O2S.ClH/c1-28(2)15-8-16-29(25-27-21-14-13-18(26)17-23(21)32-25)24(30)20-11-6-7-12-22(20)31-19-9-4-3-5-10-19;/h3-7,9-14,17H,8,15-16H2,1-2H3;1H. The first-order valence-corrected chi connectivity index (χ1v) is 11.2. The molecule has 1 amide bonds. The lowest BCUT2D eigenvalue weighted by Crippen LogP contribution is -2.33. The summed E-state index contributed by atoms with van der Waals surface area (Å²) in [5.74, 6) is 0.616. The molecule has 5 nitrogen and oxygen atoms in total. The van der Waals surface area contributed by atoms with E-state index in [1.165, 1.54) is 23.5 Å². The Balaban J connectivity index is 0.00000306. The summed E-state index contributed by atoms with van der Waals surface area (Å²) < 4.78 is 20.4. The zero-order chi connectivity index (χ0) is 22.5. The van der Waals surface area contributed by atoms with Gasteiger partial charge >= 0.3 is 0 Å². The summed E-state index contributed by atoms with van der Waals surface area (Å²) in [6, 6.07) is 21.0. The lowest BCUT2D eigenvalue weighted by molar-refractivity contribution is 0.0984. The molecule has 0 N–H and O–H groups in total. The summed E-state index contributed by atoms with van der Waals surface area (Å²) in [6.45, 7) is 1.31. The highest BCUT2D eigenvalue weighted by Gasteiger charge is 2.24. The van der Waals surface area contributed by atoms with E-state index >= 15 is 0 Å². The fraction of sp³-hybridized carbons (Fsp3) is 0.200. The molecule has 0 unspecified atom stereocenters. The van der Waals surface area contributed by atoms with E-state index in [4.69, 9.17) is 4.74 Å². The van der Waals surface area contributed by atoms with Gasteiger partial charge in [-0.2, -0.15) is 0 Å². The number of para-hydroxylation sites is 2. The van der Waals surface area contributed by atoms with Gasteiger partial charge < -0.3 is 9.64 Å². The Bertz CT molecular complexity index is 1220. The van der Waals surface area contributed by atoms with Gasteiger partial charge in [-0.3, -0.25) is 9.69 Å². The molecular formula is C25H25ClFN3O2S. The van der Waals surface area contributed by atoms with Gasteiger partial charge in [-0.25, -0.2) is 9.37 Å². The van der Waals surface area contributed by atoms with Gasteiger partial charge in [-0.05, 0) is 69.5 Å². The molecule has 4 rings (SSSR count). The average molecular weight is 486 g/mol. The number of carbonyl (C=O) groups is 1. The van der Waals surface area contributed by atoms with E-state index in [9.17, 15) is 9.18 Å². The fourth-order valence-corrected chi connectivity index (χ4v) is 4.34. The second-order valence-corrected chi connectivity index (χ2v) is 8.64. The molecule has 8 heteroatoms. The smallest absolute Gasteiger partial charge is 0.263 e. The number of ether oxygens (including phenoxy) is 1. The number of benzene rings is 3. The van der Waals surface area contributed by atoms with Crippen LogP contribution in [0.2, 0.25) is 0 Å². The Morgan fingerprint density at radius 3 is 2.48 bits per heavy atom. The SMILES string of the molecule is CN(C)CCCN(C(=O)c1ccccc1Oc1ccccc1)c1nc2ccc(F)cc2s1.Cl. The van der Waals surface area contributed by atoms with Gasteiger partial charge in [0.25, 0.3) is 5.91 Å². The van der Waals surface area contributed by atoms with Crippen LogP contribution in [0.15, 0.2) is 72.8 Å². The molecular weight excluding hydrogens is 461 g/mol. The molecule has 0 bridgehead atoms. The van der Waals surface area contributed by atoms with Gasteiger partial charge in [0.2, 0.25) is 0 Å². The van der Waals surface area contributed by atoms with Gasteiger partial charge in [0.05, 0.1) is 15.8 Å². The van der Waals surface area contributed by atoms with Gasteiger partial charge in [-0.15, -0.1) is 12.4 Å². The second kappa shape index (κ2) is 11.2. The number of aromatic nitrogens is 1. The average Bonchev–Trinajstić information content (AvgIpc) is 3.20. The minimum absolute atomic E-state index is 0. The Labute approximate surface area is 202 Å². The number of hydrogen-bond donors (Lipinski definition) is 0. The number of rotatable bonds is 8. The Hall–Kier alpha value is -3.00. The van der Waals surface area contributed by atoms with Crippen molar-refractivity contribution in [3.63, 3.8) is 0 Å². The first-order valence-electron chi connectivity index (χ1n) is 10.4. The first kappa shape index (κ1) is 24.6. The van der Waals surface area contributed by atoms with E-state index in [2.05, 4.69) is 9.88 Å². The van der Waals surface area contributed by atoms with Crippen molar-refractivity contribution in [3.8, 4) is 11.5 Å². The zero-order valence-electron chi connectivity index (χ0n) is 18.4. The van der Waals surface area contributed by atoms with Crippen molar-refractivity contribution in [2.75, 3.05) is 32.1 Å². The lowest BCUT2D eigenvalue weighted by Gasteiger charge is -2.22. The van der Waals surface area contributed by atoms with Gasteiger partial charge in [0, 0.05) is 6.54 Å². The summed E-state index contributed by atoms with van der Waals surface area (Å²) in [5.41, 5.74) is 1.12. The molecule has 1 heterocycles. The van der Waals surface area contributed by atoms with Crippen molar-refractivity contribution >= 4 is 45.0 Å². The molecule has 0 aliphatic carbocycles. The molecule has 0 saturated heterocycles. The van der Waals surface area contributed by atoms with E-state index in [0.717, 1.165) is 13.0 Å². The van der Waals surface area contributed by atoms with Crippen molar-refractivity contribution < 1.29 is 13.9 Å². The van der Waals surface area contributed by atoms with Crippen molar-refractivity contribution in [1.82, 2.24) is 9.88 Å². The largest absolute Gasteiger partial charge is 0.457 e. The highest BCUT2D eigenvalue weighted by atomic mass is 35.5. The molecule has 33 heavy (non-hydrogen) atoms. The Morgan fingerprint density at radius 1 is 1.00 bits per heavy atom. The van der Waals surface area contributed by atoms with Crippen LogP contribution >= 0.6 is 23.7 Å². The monoisotopic (exact) mass is 485 g/mol. The van der Waals surface area contributed by atoms with Crippen LogP contribution in [0.5, 0.6) is 11.5 Å². The molecule has 0 spiro atoms. The van der Waals surface area contributed by atoms with Crippen LogP contribution < -0.4 is 9.64 Å². The van der Waals surface area contributed by atoms with Crippen LogP contribution in [-0.2, 0) is 0 Å². The molecule has 1 aromatic heterocycles. The van der Waals surface area contributed by atoms with Gasteiger partial charge in [-0.1, -0.05) is 41.7 Å². The number of hydrogen-bond acceptors (Lipinski definition) is 5. The minimum atomic E-state index is -0.320. The molecule has 4 aromatic rings. The van der Waals surface area contributed by atoms with E-state index in [1.807, 2.05) is 56.6 Å². The maximum atomic E-state index is 13.7. The van der Waals surface area contributed by atoms with Crippen molar-refractivity contribution in [2.24, 2.45) is 0 Å². The molecule has 0 atom stereocenters. The number of amides is 1. The molecule has 0 aliphatic rings. The predicted molar refractivity (Wildman–Crippen MR) is 135 cm³/mol. The van der Waals surface area contributed by atoms with E-state index in [0.29, 0.717) is 39.0 Å². The third-order valence-corrected chi connectivity index (χ3v) is 5.93. The van der Waals surface area contributed by atoms with E-state index in [-0.39, 0.29) is 24.1 Å². The summed E-state index contributed by atoms with van der Waals surface area (Å²) in [7, 11) is 3.99. The zero-order valence-corrected chi connectivity index (χ0v) is 20.0. The van der Waals surface area contributed by atoms with Crippen LogP contribution in [0.4, 0.5) is 9.52 Å². The number of thiazole rings is 1. The van der Waals surface area contributed by atoms with Crippen LogP contribution in [0.3, 0.4) is 0 Å². The number of carbonyl (C=O) groups excluding carboxylic acids is 1. The van der Waals surface area contributed by atoms with Gasteiger partial charge in [0.15, 0.2) is 5.13 Å². The molecule has 0 radical (unpaired) electrons. The Morgan fingerprint density at radius 2 is 1.73 bits per heavy atom. The second-order valence-electron chi connectivity index (χ2n) is 7.63. The number of anilines is 1. The predicted octanol–water partition coefficient (Wildman–Crippen LogP) is 6.25. The molecule has 0 saturated carbocycles.